The average Bonchev–Trinajstić information content (AvgIpc) is 3.02. The van der Waals surface area contributed by atoms with E-state index in [4.69, 9.17) is 18.9 Å². The molecule has 7 heteroatoms. The Morgan fingerprint density at radius 1 is 1.06 bits per heavy atom. The number of nitrogens with one attached hydrogen (secondary N) is 1. The summed E-state index contributed by atoms with van der Waals surface area (Å²) in [6.07, 6.45) is 3.16. The fourth-order valence-corrected chi connectivity index (χ4v) is 4.12. The van der Waals surface area contributed by atoms with Crippen molar-refractivity contribution in [2.24, 2.45) is 0 Å². The zero-order chi connectivity index (χ0) is 23.3. The Morgan fingerprint density at radius 2 is 1.81 bits per heavy atom. The number of ether oxygens (including phenoxy) is 4. The molecule has 0 aliphatic heterocycles. The van der Waals surface area contributed by atoms with Gasteiger partial charge in [-0.3, -0.25) is 9.59 Å². The lowest BCUT2D eigenvalue weighted by atomic mass is 9.95. The lowest BCUT2D eigenvalue weighted by Crippen LogP contribution is -2.26. The van der Waals surface area contributed by atoms with Crippen molar-refractivity contribution in [3.8, 4) is 34.1 Å². The van der Waals surface area contributed by atoms with Crippen LogP contribution in [0.15, 0.2) is 29.1 Å². The molecule has 1 aliphatic rings. The Kier molecular flexibility index (Phi) is 7.62. The molecular weight excluding hydrogens is 410 g/mol. The Morgan fingerprint density at radius 3 is 2.44 bits per heavy atom. The van der Waals surface area contributed by atoms with E-state index >= 15 is 0 Å². The van der Waals surface area contributed by atoms with Gasteiger partial charge in [0.25, 0.3) is 0 Å². The highest BCUT2D eigenvalue weighted by molar-refractivity contribution is 5.83. The second-order valence-electron chi connectivity index (χ2n) is 7.75. The van der Waals surface area contributed by atoms with Crippen LogP contribution in [0.4, 0.5) is 0 Å². The molecule has 0 saturated carbocycles. The number of carbonyl (C=O) groups excluding carboxylic acids is 1. The summed E-state index contributed by atoms with van der Waals surface area (Å²) in [5.74, 6) is 1.74. The highest BCUT2D eigenvalue weighted by Crippen LogP contribution is 2.50. The molecular formula is C25H31NO6. The predicted octanol–water partition coefficient (Wildman–Crippen LogP) is 4.04. The van der Waals surface area contributed by atoms with Crippen LogP contribution in [0.3, 0.4) is 0 Å². The first-order valence-electron chi connectivity index (χ1n) is 10.8. The van der Waals surface area contributed by atoms with E-state index in [-0.39, 0.29) is 23.1 Å². The molecule has 1 N–H and O–H groups in total. The molecule has 3 rings (SSSR count). The number of unbranched alkanes of at least 4 members (excludes halogenated alkanes) is 1. The minimum absolute atomic E-state index is 0.160. The quantitative estimate of drug-likeness (QED) is 0.623. The van der Waals surface area contributed by atoms with Crippen molar-refractivity contribution in [1.29, 1.82) is 0 Å². The summed E-state index contributed by atoms with van der Waals surface area (Å²) in [7, 11) is 4.65. The van der Waals surface area contributed by atoms with Gasteiger partial charge < -0.3 is 24.3 Å². The van der Waals surface area contributed by atoms with Crippen molar-refractivity contribution in [3.63, 3.8) is 0 Å². The van der Waals surface area contributed by atoms with Crippen molar-refractivity contribution < 1.29 is 23.7 Å². The molecule has 7 nitrogen and oxygen atoms in total. The first-order valence-corrected chi connectivity index (χ1v) is 10.8. The van der Waals surface area contributed by atoms with Crippen molar-refractivity contribution in [2.75, 3.05) is 27.9 Å². The number of benzene rings is 1. The molecule has 0 saturated heterocycles. The number of hydrogen-bond donors (Lipinski definition) is 1. The Hall–Kier alpha value is -3.22. The van der Waals surface area contributed by atoms with Gasteiger partial charge in [-0.05, 0) is 54.2 Å². The molecule has 0 heterocycles. The first kappa shape index (κ1) is 23.4. The van der Waals surface area contributed by atoms with Gasteiger partial charge in [0.05, 0.1) is 34.0 Å². The molecule has 1 atom stereocenters. The molecule has 0 aromatic heterocycles. The summed E-state index contributed by atoms with van der Waals surface area (Å²) in [5, 5.41) is 3.00. The molecule has 1 aliphatic carbocycles. The van der Waals surface area contributed by atoms with Crippen LogP contribution >= 0.6 is 0 Å². The summed E-state index contributed by atoms with van der Waals surface area (Å²) in [6, 6.07) is 6.68. The van der Waals surface area contributed by atoms with Gasteiger partial charge in [-0.2, -0.15) is 0 Å². The summed E-state index contributed by atoms with van der Waals surface area (Å²) in [4.78, 5) is 24.7. The van der Waals surface area contributed by atoms with Gasteiger partial charge in [-0.25, -0.2) is 0 Å². The smallest absolute Gasteiger partial charge is 0.220 e. The van der Waals surface area contributed by atoms with Crippen LogP contribution in [0, 0.1) is 0 Å². The minimum atomic E-state index is -0.333. The van der Waals surface area contributed by atoms with E-state index in [1.54, 1.807) is 26.4 Å². The standard InChI is InChI=1S/C25H31NO6/c1-6-7-12-32-25-23-16(13-22(30-4)24(25)31-5)8-10-19(26-15(2)27)18-14-20(28)21(29-3)11-9-17(18)23/h9,11,13-14,19H,6-8,10,12H2,1-5H3,(H,26,27)/t19-/m0/s1. The molecule has 0 spiro atoms. The predicted molar refractivity (Wildman–Crippen MR) is 123 cm³/mol. The van der Waals surface area contributed by atoms with E-state index in [0.717, 1.165) is 35.1 Å². The van der Waals surface area contributed by atoms with Crippen LogP contribution in [0.25, 0.3) is 11.1 Å². The maximum Gasteiger partial charge on any atom is 0.220 e. The van der Waals surface area contributed by atoms with Gasteiger partial charge in [-0.1, -0.05) is 19.4 Å². The fourth-order valence-electron chi connectivity index (χ4n) is 4.12. The number of hydrogen-bond acceptors (Lipinski definition) is 6. The largest absolute Gasteiger partial charge is 0.493 e. The van der Waals surface area contributed by atoms with Crippen molar-refractivity contribution in [3.05, 3.63) is 45.6 Å². The summed E-state index contributed by atoms with van der Waals surface area (Å²) in [5.41, 5.74) is 3.12. The zero-order valence-corrected chi connectivity index (χ0v) is 19.4. The molecule has 172 valence electrons. The summed E-state index contributed by atoms with van der Waals surface area (Å²) >= 11 is 0. The van der Waals surface area contributed by atoms with Crippen molar-refractivity contribution in [1.82, 2.24) is 5.32 Å². The lowest BCUT2D eigenvalue weighted by molar-refractivity contribution is -0.119. The van der Waals surface area contributed by atoms with E-state index < -0.39 is 0 Å². The number of aryl methyl sites for hydroxylation is 1. The van der Waals surface area contributed by atoms with Crippen LogP contribution in [0.5, 0.6) is 23.0 Å². The normalized spacial score (nSPS) is 14.5. The van der Waals surface area contributed by atoms with Gasteiger partial charge in [0.15, 0.2) is 17.2 Å². The second kappa shape index (κ2) is 10.4. The number of fused-ring (bicyclic) bond motifs is 3. The van der Waals surface area contributed by atoms with E-state index in [1.165, 1.54) is 14.0 Å². The summed E-state index contributed by atoms with van der Waals surface area (Å²) < 4.78 is 22.8. The Bertz CT molecular complexity index is 1050. The molecule has 32 heavy (non-hydrogen) atoms. The minimum Gasteiger partial charge on any atom is -0.493 e. The van der Waals surface area contributed by atoms with Gasteiger partial charge in [-0.15, -0.1) is 0 Å². The Balaban J connectivity index is 2.36. The number of carbonyl (C=O) groups is 1. The Labute approximate surface area is 188 Å². The van der Waals surface area contributed by atoms with Crippen LogP contribution in [-0.4, -0.2) is 33.8 Å². The van der Waals surface area contributed by atoms with Crippen molar-refractivity contribution in [2.45, 2.75) is 45.6 Å². The third-order valence-corrected chi connectivity index (χ3v) is 5.64. The monoisotopic (exact) mass is 441 g/mol. The van der Waals surface area contributed by atoms with E-state index in [2.05, 4.69) is 12.2 Å². The molecule has 2 aromatic carbocycles. The van der Waals surface area contributed by atoms with Crippen LogP contribution < -0.4 is 29.7 Å². The topological polar surface area (TPSA) is 83.1 Å². The average molecular weight is 442 g/mol. The van der Waals surface area contributed by atoms with Crippen LogP contribution in [0.2, 0.25) is 0 Å². The maximum atomic E-state index is 12.8. The zero-order valence-electron chi connectivity index (χ0n) is 19.4. The molecule has 1 amide bonds. The molecule has 2 aromatic rings. The van der Waals surface area contributed by atoms with Gasteiger partial charge in [0.2, 0.25) is 17.1 Å². The number of methoxy groups -OCH3 is 3. The van der Waals surface area contributed by atoms with Gasteiger partial charge in [0.1, 0.15) is 0 Å². The third-order valence-electron chi connectivity index (χ3n) is 5.64. The number of amides is 1. The molecule has 0 unspecified atom stereocenters. The van der Waals surface area contributed by atoms with Crippen LogP contribution in [-0.2, 0) is 11.2 Å². The van der Waals surface area contributed by atoms with E-state index in [1.807, 2.05) is 12.1 Å². The molecule has 0 fully saturated rings. The lowest BCUT2D eigenvalue weighted by Gasteiger charge is -2.21. The summed E-state index contributed by atoms with van der Waals surface area (Å²) in [6.45, 7) is 4.10. The van der Waals surface area contributed by atoms with Gasteiger partial charge in [0, 0.05) is 12.5 Å². The SMILES string of the molecule is CCCCOc1c(OC)c(OC)cc2c1-c1ccc(OC)c(=O)cc1[C@@H](NC(C)=O)CC2. The fraction of sp³-hybridized carbons (Fsp3) is 0.440. The molecule has 0 radical (unpaired) electrons. The van der Waals surface area contributed by atoms with Gasteiger partial charge >= 0.3 is 0 Å². The van der Waals surface area contributed by atoms with Crippen LogP contribution in [0.1, 0.15) is 50.3 Å². The van der Waals surface area contributed by atoms with Crippen molar-refractivity contribution >= 4 is 5.91 Å². The highest BCUT2D eigenvalue weighted by atomic mass is 16.5. The second-order valence-corrected chi connectivity index (χ2v) is 7.75. The van der Waals surface area contributed by atoms with E-state index in [0.29, 0.717) is 36.7 Å². The molecule has 0 bridgehead atoms. The first-order chi connectivity index (χ1) is 15.4. The highest BCUT2D eigenvalue weighted by Gasteiger charge is 2.29. The van der Waals surface area contributed by atoms with E-state index in [9.17, 15) is 9.59 Å². The number of rotatable bonds is 8. The maximum absolute atomic E-state index is 12.8. The third kappa shape index (κ3) is 4.66.